The molecule has 0 heterocycles. The van der Waals surface area contributed by atoms with Crippen molar-refractivity contribution in [3.63, 3.8) is 0 Å². The van der Waals surface area contributed by atoms with Gasteiger partial charge in [-0.05, 0) is 48.6 Å². The summed E-state index contributed by atoms with van der Waals surface area (Å²) in [4.78, 5) is 12.1. The minimum atomic E-state index is -0.164. The number of rotatable bonds is 4. The number of fused-ring (bicyclic) bond motifs is 1. The SMILES string of the molecule is Cc1cc(C)cc(NC(=O)COc2cccc3ccccc23)c1. The average Bonchev–Trinajstić information content (AvgIpc) is 2.52. The molecule has 0 saturated carbocycles. The van der Waals surface area contributed by atoms with Crippen LogP contribution in [0.25, 0.3) is 10.8 Å². The van der Waals surface area contributed by atoms with Gasteiger partial charge in [0.25, 0.3) is 5.91 Å². The second-order valence-electron chi connectivity index (χ2n) is 5.69. The number of hydrogen-bond acceptors (Lipinski definition) is 2. The van der Waals surface area contributed by atoms with E-state index in [0.717, 1.165) is 33.3 Å². The van der Waals surface area contributed by atoms with Crippen molar-refractivity contribution in [1.82, 2.24) is 0 Å². The topological polar surface area (TPSA) is 38.3 Å². The van der Waals surface area contributed by atoms with Gasteiger partial charge in [0.1, 0.15) is 5.75 Å². The van der Waals surface area contributed by atoms with E-state index in [2.05, 4.69) is 11.4 Å². The third-order valence-electron chi connectivity index (χ3n) is 3.61. The molecule has 3 nitrogen and oxygen atoms in total. The van der Waals surface area contributed by atoms with Crippen LogP contribution in [-0.4, -0.2) is 12.5 Å². The minimum absolute atomic E-state index is 0.0129. The molecule has 0 aliphatic rings. The fourth-order valence-electron chi connectivity index (χ4n) is 2.71. The van der Waals surface area contributed by atoms with E-state index in [1.807, 2.05) is 68.4 Å². The maximum atomic E-state index is 12.1. The van der Waals surface area contributed by atoms with E-state index < -0.39 is 0 Å². The molecule has 0 spiro atoms. The summed E-state index contributed by atoms with van der Waals surface area (Å²) in [5, 5.41) is 4.98. The molecule has 0 aliphatic heterocycles. The summed E-state index contributed by atoms with van der Waals surface area (Å²) in [5.41, 5.74) is 3.04. The summed E-state index contributed by atoms with van der Waals surface area (Å²) in [5.74, 6) is 0.557. The van der Waals surface area contributed by atoms with E-state index in [0.29, 0.717) is 0 Å². The molecule has 0 radical (unpaired) electrons. The number of nitrogens with one attached hydrogen (secondary N) is 1. The fraction of sp³-hybridized carbons (Fsp3) is 0.150. The Balaban J connectivity index is 1.68. The van der Waals surface area contributed by atoms with E-state index in [1.165, 1.54) is 0 Å². The molecule has 0 unspecified atom stereocenters. The fourth-order valence-corrected chi connectivity index (χ4v) is 2.71. The largest absolute Gasteiger partial charge is 0.483 e. The van der Waals surface area contributed by atoms with Crippen molar-refractivity contribution in [2.45, 2.75) is 13.8 Å². The van der Waals surface area contributed by atoms with Crippen molar-refractivity contribution in [2.75, 3.05) is 11.9 Å². The van der Waals surface area contributed by atoms with Crippen molar-refractivity contribution in [2.24, 2.45) is 0 Å². The first kappa shape index (κ1) is 15.1. The molecule has 23 heavy (non-hydrogen) atoms. The summed E-state index contributed by atoms with van der Waals surface area (Å²) >= 11 is 0. The predicted octanol–water partition coefficient (Wildman–Crippen LogP) is 4.47. The third-order valence-corrected chi connectivity index (χ3v) is 3.61. The average molecular weight is 305 g/mol. The summed E-state index contributed by atoms with van der Waals surface area (Å²) in [6.45, 7) is 4.01. The molecule has 0 fully saturated rings. The molecule has 3 aromatic carbocycles. The van der Waals surface area contributed by atoms with E-state index in [9.17, 15) is 4.79 Å². The number of amides is 1. The van der Waals surface area contributed by atoms with Crippen LogP contribution >= 0.6 is 0 Å². The Morgan fingerprint density at radius 3 is 2.43 bits per heavy atom. The maximum absolute atomic E-state index is 12.1. The second-order valence-corrected chi connectivity index (χ2v) is 5.69. The molecule has 3 rings (SSSR count). The lowest BCUT2D eigenvalue weighted by Gasteiger charge is -2.10. The van der Waals surface area contributed by atoms with Crippen LogP contribution in [0.4, 0.5) is 5.69 Å². The van der Waals surface area contributed by atoms with Crippen LogP contribution in [0.2, 0.25) is 0 Å². The van der Waals surface area contributed by atoms with Crippen LogP contribution in [0, 0.1) is 13.8 Å². The smallest absolute Gasteiger partial charge is 0.262 e. The van der Waals surface area contributed by atoms with Gasteiger partial charge in [0.2, 0.25) is 0 Å². The molecule has 0 bridgehead atoms. The minimum Gasteiger partial charge on any atom is -0.483 e. The van der Waals surface area contributed by atoms with Gasteiger partial charge in [0, 0.05) is 11.1 Å². The van der Waals surface area contributed by atoms with E-state index in [4.69, 9.17) is 4.74 Å². The Bertz CT molecular complexity index is 830. The Morgan fingerprint density at radius 2 is 1.65 bits per heavy atom. The Hall–Kier alpha value is -2.81. The molecule has 1 amide bonds. The highest BCUT2D eigenvalue weighted by molar-refractivity contribution is 5.93. The van der Waals surface area contributed by atoms with Crippen LogP contribution in [0.15, 0.2) is 60.7 Å². The number of anilines is 1. The molecule has 3 aromatic rings. The summed E-state index contributed by atoms with van der Waals surface area (Å²) in [6, 6.07) is 19.8. The third kappa shape index (κ3) is 3.69. The lowest BCUT2D eigenvalue weighted by molar-refractivity contribution is -0.118. The van der Waals surface area contributed by atoms with Gasteiger partial charge in [0.05, 0.1) is 0 Å². The van der Waals surface area contributed by atoms with Crippen molar-refractivity contribution >= 4 is 22.4 Å². The van der Waals surface area contributed by atoms with Gasteiger partial charge in [-0.2, -0.15) is 0 Å². The van der Waals surface area contributed by atoms with Crippen molar-refractivity contribution in [1.29, 1.82) is 0 Å². The van der Waals surface area contributed by atoms with Gasteiger partial charge in [0.15, 0.2) is 6.61 Å². The zero-order chi connectivity index (χ0) is 16.2. The van der Waals surface area contributed by atoms with Gasteiger partial charge in [-0.3, -0.25) is 4.79 Å². The highest BCUT2D eigenvalue weighted by Crippen LogP contribution is 2.25. The molecule has 0 saturated heterocycles. The summed E-state index contributed by atoms with van der Waals surface area (Å²) < 4.78 is 5.70. The van der Waals surface area contributed by atoms with Crippen LogP contribution < -0.4 is 10.1 Å². The number of aryl methyl sites for hydroxylation is 2. The van der Waals surface area contributed by atoms with Gasteiger partial charge in [-0.1, -0.05) is 42.5 Å². The first-order chi connectivity index (χ1) is 11.1. The number of benzene rings is 3. The first-order valence-electron chi connectivity index (χ1n) is 7.60. The summed E-state index contributed by atoms with van der Waals surface area (Å²) in [6.07, 6.45) is 0. The molecule has 0 aliphatic carbocycles. The van der Waals surface area contributed by atoms with Gasteiger partial charge in [-0.15, -0.1) is 0 Å². The zero-order valence-electron chi connectivity index (χ0n) is 13.3. The molecule has 3 heteroatoms. The molecular weight excluding hydrogens is 286 g/mol. The van der Waals surface area contributed by atoms with E-state index >= 15 is 0 Å². The first-order valence-corrected chi connectivity index (χ1v) is 7.60. The van der Waals surface area contributed by atoms with Crippen molar-refractivity contribution < 1.29 is 9.53 Å². The number of carbonyl (C=O) groups excluding carboxylic acids is 1. The maximum Gasteiger partial charge on any atom is 0.262 e. The Labute approximate surface area is 135 Å². The van der Waals surface area contributed by atoms with E-state index in [-0.39, 0.29) is 12.5 Å². The van der Waals surface area contributed by atoms with Crippen LogP contribution in [-0.2, 0) is 4.79 Å². The molecule has 1 N–H and O–H groups in total. The normalized spacial score (nSPS) is 10.5. The Kier molecular flexibility index (Phi) is 4.29. The number of ether oxygens (including phenoxy) is 1. The quantitative estimate of drug-likeness (QED) is 0.772. The van der Waals surface area contributed by atoms with Crippen molar-refractivity contribution in [3.8, 4) is 5.75 Å². The standard InChI is InChI=1S/C20H19NO2/c1-14-10-15(2)12-17(11-14)21-20(22)13-23-19-9-5-7-16-6-3-4-8-18(16)19/h3-12H,13H2,1-2H3,(H,21,22). The second kappa shape index (κ2) is 6.53. The number of carbonyl (C=O) groups is 1. The monoisotopic (exact) mass is 305 g/mol. The van der Waals surface area contributed by atoms with Gasteiger partial charge in [-0.25, -0.2) is 0 Å². The van der Waals surface area contributed by atoms with E-state index in [1.54, 1.807) is 0 Å². The predicted molar refractivity (Wildman–Crippen MR) is 94.0 cm³/mol. The molecular formula is C20H19NO2. The lowest BCUT2D eigenvalue weighted by atomic mass is 10.1. The van der Waals surface area contributed by atoms with Gasteiger partial charge >= 0.3 is 0 Å². The Morgan fingerprint density at radius 1 is 0.957 bits per heavy atom. The van der Waals surface area contributed by atoms with Crippen LogP contribution in [0.3, 0.4) is 0 Å². The molecule has 116 valence electrons. The lowest BCUT2D eigenvalue weighted by Crippen LogP contribution is -2.20. The highest BCUT2D eigenvalue weighted by atomic mass is 16.5. The highest BCUT2D eigenvalue weighted by Gasteiger charge is 2.07. The summed E-state index contributed by atoms with van der Waals surface area (Å²) in [7, 11) is 0. The number of hydrogen-bond donors (Lipinski definition) is 1. The molecule has 0 atom stereocenters. The van der Waals surface area contributed by atoms with Crippen LogP contribution in [0.5, 0.6) is 5.75 Å². The zero-order valence-corrected chi connectivity index (χ0v) is 13.3. The van der Waals surface area contributed by atoms with Crippen molar-refractivity contribution in [3.05, 3.63) is 71.8 Å². The van der Waals surface area contributed by atoms with Crippen LogP contribution in [0.1, 0.15) is 11.1 Å². The van der Waals surface area contributed by atoms with Gasteiger partial charge < -0.3 is 10.1 Å². The molecule has 0 aromatic heterocycles.